The van der Waals surface area contributed by atoms with E-state index in [4.69, 9.17) is 11.6 Å². The van der Waals surface area contributed by atoms with E-state index < -0.39 is 10.0 Å². The van der Waals surface area contributed by atoms with Crippen LogP contribution < -0.4 is 9.62 Å². The largest absolute Gasteiger partial charge is 0.305 e. The molecule has 1 atom stereocenters. The van der Waals surface area contributed by atoms with Crippen LogP contribution in [-0.2, 0) is 16.4 Å². The number of nitrogens with zero attached hydrogens (tertiary/aromatic N) is 1. The summed E-state index contributed by atoms with van der Waals surface area (Å²) < 4.78 is 28.9. The molecular formula is C24H23ClN2O3S. The predicted molar refractivity (Wildman–Crippen MR) is 125 cm³/mol. The molecule has 0 fully saturated rings. The highest BCUT2D eigenvalue weighted by Crippen LogP contribution is 2.34. The molecule has 31 heavy (non-hydrogen) atoms. The number of nitrogens with one attached hydrogen (secondary N) is 1. The molecule has 160 valence electrons. The second kappa shape index (κ2) is 8.02. The van der Waals surface area contributed by atoms with Crippen molar-refractivity contribution in [3.8, 4) is 0 Å². The van der Waals surface area contributed by atoms with E-state index >= 15 is 0 Å². The van der Waals surface area contributed by atoms with Crippen molar-refractivity contribution in [1.82, 2.24) is 0 Å². The summed E-state index contributed by atoms with van der Waals surface area (Å²) in [5.41, 5.74) is 4.51. The highest BCUT2D eigenvalue weighted by Gasteiger charge is 2.32. The summed E-state index contributed by atoms with van der Waals surface area (Å²) in [6.07, 6.45) is 0.759. The van der Waals surface area contributed by atoms with Crippen LogP contribution in [0.3, 0.4) is 0 Å². The molecule has 0 bridgehead atoms. The van der Waals surface area contributed by atoms with Gasteiger partial charge in [0.2, 0.25) is 0 Å². The van der Waals surface area contributed by atoms with Crippen LogP contribution in [0.1, 0.15) is 34.0 Å². The second-order valence-electron chi connectivity index (χ2n) is 7.86. The average Bonchev–Trinajstić information content (AvgIpc) is 3.06. The molecule has 0 unspecified atom stereocenters. The van der Waals surface area contributed by atoms with E-state index in [0.717, 1.165) is 28.8 Å². The zero-order valence-electron chi connectivity index (χ0n) is 17.5. The van der Waals surface area contributed by atoms with E-state index in [1.54, 1.807) is 23.1 Å². The Morgan fingerprint density at radius 1 is 1.06 bits per heavy atom. The topological polar surface area (TPSA) is 66.5 Å². The molecule has 7 heteroatoms. The minimum Gasteiger partial charge on any atom is -0.305 e. The van der Waals surface area contributed by atoms with Crippen LogP contribution in [0.25, 0.3) is 0 Å². The van der Waals surface area contributed by atoms with E-state index in [2.05, 4.69) is 4.72 Å². The van der Waals surface area contributed by atoms with Gasteiger partial charge in [0.25, 0.3) is 15.9 Å². The van der Waals surface area contributed by atoms with Gasteiger partial charge in [-0.2, -0.15) is 0 Å². The third-order valence-electron chi connectivity index (χ3n) is 5.74. The Balaban J connectivity index is 1.70. The maximum absolute atomic E-state index is 13.3. The molecule has 1 aliphatic heterocycles. The average molecular weight is 455 g/mol. The summed E-state index contributed by atoms with van der Waals surface area (Å²) in [5.74, 6) is -0.252. The Labute approximate surface area is 187 Å². The van der Waals surface area contributed by atoms with Gasteiger partial charge in [0.1, 0.15) is 4.90 Å². The van der Waals surface area contributed by atoms with Crippen molar-refractivity contribution in [3.63, 3.8) is 0 Å². The van der Waals surface area contributed by atoms with Crippen molar-refractivity contribution in [2.24, 2.45) is 0 Å². The normalized spacial score (nSPS) is 15.6. The number of hydrogen-bond donors (Lipinski definition) is 1. The molecule has 0 aliphatic carbocycles. The fraction of sp³-hybridized carbons (Fsp3) is 0.208. The lowest BCUT2D eigenvalue weighted by Crippen LogP contribution is -2.35. The molecule has 0 radical (unpaired) electrons. The Hall–Kier alpha value is -2.83. The molecule has 1 amide bonds. The molecular weight excluding hydrogens is 432 g/mol. The van der Waals surface area contributed by atoms with Gasteiger partial charge in [-0.1, -0.05) is 41.9 Å². The van der Waals surface area contributed by atoms with E-state index in [9.17, 15) is 13.2 Å². The van der Waals surface area contributed by atoms with Gasteiger partial charge in [-0.25, -0.2) is 8.42 Å². The molecule has 1 aliphatic rings. The molecule has 3 aromatic carbocycles. The van der Waals surface area contributed by atoms with Crippen LogP contribution in [0.15, 0.2) is 65.6 Å². The summed E-state index contributed by atoms with van der Waals surface area (Å²) in [6, 6.07) is 17.5. The number of hydrogen-bond acceptors (Lipinski definition) is 3. The summed E-state index contributed by atoms with van der Waals surface area (Å²) in [5, 5.41) is 0.0595. The minimum atomic E-state index is -3.99. The lowest BCUT2D eigenvalue weighted by molar-refractivity contribution is 0.0981. The van der Waals surface area contributed by atoms with Crippen molar-refractivity contribution < 1.29 is 13.2 Å². The Kier molecular flexibility index (Phi) is 5.54. The monoisotopic (exact) mass is 454 g/mol. The number of sulfonamides is 1. The standard InChI is InChI=1S/C24H23ClN2O3S/c1-15-7-6-9-21(17(15)3)26-31(29,30)23-14-19(11-12-20(23)25)24(28)27-16(2)13-18-8-4-5-10-22(18)27/h4-12,14,16,26H,13H2,1-3H3/t16-/m0/s1. The molecule has 4 rings (SSSR count). The summed E-state index contributed by atoms with van der Waals surface area (Å²) in [6.45, 7) is 5.74. The third kappa shape index (κ3) is 3.93. The third-order valence-corrected chi connectivity index (χ3v) is 7.59. The van der Waals surface area contributed by atoms with Crippen molar-refractivity contribution in [3.05, 3.63) is 87.9 Å². The number of rotatable bonds is 4. The van der Waals surface area contributed by atoms with Crippen molar-refractivity contribution >= 4 is 38.9 Å². The number of halogens is 1. The Morgan fingerprint density at radius 3 is 2.58 bits per heavy atom. The van der Waals surface area contributed by atoms with Crippen LogP contribution in [-0.4, -0.2) is 20.4 Å². The van der Waals surface area contributed by atoms with Crippen LogP contribution >= 0.6 is 11.6 Å². The first-order chi connectivity index (χ1) is 14.7. The van der Waals surface area contributed by atoms with Gasteiger partial charge in [0.05, 0.1) is 10.7 Å². The number of anilines is 2. The zero-order valence-corrected chi connectivity index (χ0v) is 19.1. The van der Waals surface area contributed by atoms with E-state index in [1.807, 2.05) is 51.1 Å². The molecule has 0 saturated carbocycles. The number of fused-ring (bicyclic) bond motifs is 1. The first-order valence-corrected chi connectivity index (χ1v) is 11.8. The van der Waals surface area contributed by atoms with Crippen LogP contribution in [0.4, 0.5) is 11.4 Å². The lowest BCUT2D eigenvalue weighted by atomic mass is 10.1. The molecule has 1 N–H and O–H groups in total. The highest BCUT2D eigenvalue weighted by atomic mass is 35.5. The van der Waals surface area contributed by atoms with E-state index in [-0.39, 0.29) is 27.4 Å². The molecule has 1 heterocycles. The smallest absolute Gasteiger partial charge is 0.263 e. The van der Waals surface area contributed by atoms with Gasteiger partial charge in [0.15, 0.2) is 0 Å². The number of benzene rings is 3. The summed E-state index contributed by atoms with van der Waals surface area (Å²) in [7, 11) is -3.99. The second-order valence-corrected chi connectivity index (χ2v) is 9.91. The first kappa shape index (κ1) is 21.4. The van der Waals surface area contributed by atoms with Crippen LogP contribution in [0.5, 0.6) is 0 Å². The van der Waals surface area contributed by atoms with E-state index in [0.29, 0.717) is 5.69 Å². The molecule has 0 spiro atoms. The van der Waals surface area contributed by atoms with Crippen molar-refractivity contribution in [2.75, 3.05) is 9.62 Å². The van der Waals surface area contributed by atoms with Crippen molar-refractivity contribution in [1.29, 1.82) is 0 Å². The molecule has 0 aromatic heterocycles. The summed E-state index contributed by atoms with van der Waals surface area (Å²) >= 11 is 6.25. The number of amides is 1. The van der Waals surface area contributed by atoms with Gasteiger partial charge in [-0.15, -0.1) is 0 Å². The minimum absolute atomic E-state index is 0.0197. The Bertz CT molecular complexity index is 1290. The molecule has 0 saturated heterocycles. The predicted octanol–water partition coefficient (Wildman–Crippen LogP) is 5.35. The number of aryl methyl sites for hydroxylation is 1. The SMILES string of the molecule is Cc1cccc(NS(=O)(=O)c2cc(C(=O)N3c4ccccc4C[C@@H]3C)ccc2Cl)c1C. The number of carbonyl (C=O) groups excluding carboxylic acids is 1. The quantitative estimate of drug-likeness (QED) is 0.577. The van der Waals surface area contributed by atoms with Gasteiger partial charge < -0.3 is 4.90 Å². The van der Waals surface area contributed by atoms with Crippen molar-refractivity contribution in [2.45, 2.75) is 38.1 Å². The van der Waals surface area contributed by atoms with Gasteiger partial charge in [0, 0.05) is 17.3 Å². The van der Waals surface area contributed by atoms with Crippen LogP contribution in [0.2, 0.25) is 5.02 Å². The van der Waals surface area contributed by atoms with Crippen LogP contribution in [0, 0.1) is 13.8 Å². The fourth-order valence-corrected chi connectivity index (χ4v) is 5.57. The zero-order chi connectivity index (χ0) is 22.3. The maximum Gasteiger partial charge on any atom is 0.263 e. The number of carbonyl (C=O) groups is 1. The van der Waals surface area contributed by atoms with Gasteiger partial charge in [-0.3, -0.25) is 9.52 Å². The number of para-hydroxylation sites is 1. The lowest BCUT2D eigenvalue weighted by Gasteiger charge is -2.23. The molecule has 3 aromatic rings. The maximum atomic E-state index is 13.3. The Morgan fingerprint density at radius 2 is 1.81 bits per heavy atom. The fourth-order valence-electron chi connectivity index (χ4n) is 3.92. The van der Waals surface area contributed by atoms with Gasteiger partial charge >= 0.3 is 0 Å². The van der Waals surface area contributed by atoms with E-state index in [1.165, 1.54) is 12.1 Å². The first-order valence-electron chi connectivity index (χ1n) is 9.99. The molecule has 5 nitrogen and oxygen atoms in total. The van der Waals surface area contributed by atoms with Gasteiger partial charge in [-0.05, 0) is 74.2 Å². The highest BCUT2D eigenvalue weighted by molar-refractivity contribution is 7.92. The summed E-state index contributed by atoms with van der Waals surface area (Å²) in [4.78, 5) is 14.9.